The van der Waals surface area contributed by atoms with Gasteiger partial charge in [-0.2, -0.15) is 9.82 Å². The topological polar surface area (TPSA) is 101 Å². The van der Waals surface area contributed by atoms with Gasteiger partial charge in [-0.3, -0.25) is 9.48 Å². The van der Waals surface area contributed by atoms with Crippen LogP contribution >= 0.6 is 0 Å². The lowest BCUT2D eigenvalue weighted by atomic mass is 10.0. The third-order valence-corrected chi connectivity index (χ3v) is 4.48. The standard InChI is InChI=1S/C11H19N3O4S/c1-4-8(3)10(11(15)16)13-19(17,18)9-6-7-12-14(9)5-2/h6-8,10,13H,4-5H2,1-3H3,(H,15,16)/t8-,10-/m0/s1. The van der Waals surface area contributed by atoms with Crippen LogP contribution in [-0.4, -0.2) is 35.3 Å². The SMILES string of the molecule is CC[C@H](C)[C@H](NS(=O)(=O)c1ccnn1CC)C(=O)O. The lowest BCUT2D eigenvalue weighted by Gasteiger charge is -2.20. The molecular weight excluding hydrogens is 270 g/mol. The number of carboxylic acid groups (broad SMARTS) is 1. The molecule has 0 saturated carbocycles. The number of aryl methyl sites for hydroxylation is 1. The number of hydrogen-bond donors (Lipinski definition) is 2. The fourth-order valence-corrected chi connectivity index (χ4v) is 3.14. The lowest BCUT2D eigenvalue weighted by Crippen LogP contribution is -2.45. The molecule has 1 heterocycles. The summed E-state index contributed by atoms with van der Waals surface area (Å²) in [6, 6.07) is 0.205. The maximum absolute atomic E-state index is 12.2. The van der Waals surface area contributed by atoms with E-state index in [1.807, 2.05) is 6.92 Å². The Hall–Kier alpha value is -1.41. The van der Waals surface area contributed by atoms with Crippen LogP contribution < -0.4 is 4.72 Å². The van der Waals surface area contributed by atoms with Gasteiger partial charge in [0.1, 0.15) is 6.04 Å². The van der Waals surface area contributed by atoms with Crippen molar-refractivity contribution in [2.24, 2.45) is 5.92 Å². The fourth-order valence-electron chi connectivity index (χ4n) is 1.66. The predicted octanol–water partition coefficient (Wildman–Crippen LogP) is 0.681. The summed E-state index contributed by atoms with van der Waals surface area (Å²) in [6.45, 7) is 5.66. The average molecular weight is 289 g/mol. The molecular formula is C11H19N3O4S. The molecule has 0 bridgehead atoms. The van der Waals surface area contributed by atoms with Crippen molar-refractivity contribution in [3.63, 3.8) is 0 Å². The van der Waals surface area contributed by atoms with E-state index >= 15 is 0 Å². The van der Waals surface area contributed by atoms with Crippen molar-refractivity contribution < 1.29 is 18.3 Å². The molecule has 1 aromatic rings. The highest BCUT2D eigenvalue weighted by Gasteiger charge is 2.30. The minimum absolute atomic E-state index is 0.0236. The molecule has 0 spiro atoms. The van der Waals surface area contributed by atoms with E-state index in [4.69, 9.17) is 5.11 Å². The first kappa shape index (κ1) is 15.6. The van der Waals surface area contributed by atoms with Crippen molar-refractivity contribution in [1.29, 1.82) is 0 Å². The molecule has 0 aliphatic carbocycles. The Kier molecular flexibility index (Phi) is 5.07. The van der Waals surface area contributed by atoms with Gasteiger partial charge in [0.25, 0.3) is 10.0 Å². The summed E-state index contributed by atoms with van der Waals surface area (Å²) >= 11 is 0. The number of nitrogens with zero attached hydrogens (tertiary/aromatic N) is 2. The van der Waals surface area contributed by atoms with E-state index in [2.05, 4.69) is 9.82 Å². The van der Waals surface area contributed by atoms with Crippen molar-refractivity contribution in [1.82, 2.24) is 14.5 Å². The summed E-state index contributed by atoms with van der Waals surface area (Å²) < 4.78 is 27.9. The van der Waals surface area contributed by atoms with Crippen LogP contribution in [0.1, 0.15) is 27.2 Å². The molecule has 1 rings (SSSR count). The Morgan fingerprint density at radius 3 is 2.63 bits per heavy atom. The van der Waals surface area contributed by atoms with Gasteiger partial charge < -0.3 is 5.11 Å². The van der Waals surface area contributed by atoms with Crippen LogP contribution in [0.15, 0.2) is 17.3 Å². The number of aliphatic carboxylic acids is 1. The number of carbonyl (C=O) groups is 1. The molecule has 8 heteroatoms. The van der Waals surface area contributed by atoms with E-state index < -0.39 is 22.0 Å². The first-order valence-corrected chi connectivity index (χ1v) is 7.58. The molecule has 2 atom stereocenters. The van der Waals surface area contributed by atoms with Crippen LogP contribution in [0.4, 0.5) is 0 Å². The largest absolute Gasteiger partial charge is 0.480 e. The number of carboxylic acids is 1. The summed E-state index contributed by atoms with van der Waals surface area (Å²) in [7, 11) is -3.89. The Morgan fingerprint density at radius 2 is 2.16 bits per heavy atom. The number of sulfonamides is 1. The van der Waals surface area contributed by atoms with Gasteiger partial charge in [-0.1, -0.05) is 20.3 Å². The van der Waals surface area contributed by atoms with E-state index in [0.29, 0.717) is 13.0 Å². The van der Waals surface area contributed by atoms with Gasteiger partial charge in [0.05, 0.1) is 6.20 Å². The molecule has 1 aromatic heterocycles. The van der Waals surface area contributed by atoms with Gasteiger partial charge in [-0.05, 0) is 18.9 Å². The zero-order valence-corrected chi connectivity index (χ0v) is 12.0. The van der Waals surface area contributed by atoms with E-state index in [-0.39, 0.29) is 10.9 Å². The van der Waals surface area contributed by atoms with Gasteiger partial charge in [-0.15, -0.1) is 0 Å². The molecule has 7 nitrogen and oxygen atoms in total. The Bertz CT molecular complexity index is 538. The predicted molar refractivity (Wildman–Crippen MR) is 69.1 cm³/mol. The molecule has 0 aromatic carbocycles. The highest BCUT2D eigenvalue weighted by Crippen LogP contribution is 2.13. The highest BCUT2D eigenvalue weighted by atomic mass is 32.2. The first-order valence-electron chi connectivity index (χ1n) is 6.10. The van der Waals surface area contributed by atoms with Crippen molar-refractivity contribution in [2.45, 2.75) is 44.8 Å². The maximum atomic E-state index is 12.2. The number of rotatable bonds is 7. The molecule has 108 valence electrons. The number of nitrogens with one attached hydrogen (secondary N) is 1. The lowest BCUT2D eigenvalue weighted by molar-refractivity contribution is -0.140. The van der Waals surface area contributed by atoms with Crippen molar-refractivity contribution >= 4 is 16.0 Å². The molecule has 0 amide bonds. The zero-order valence-electron chi connectivity index (χ0n) is 11.2. The molecule has 2 N–H and O–H groups in total. The second-order valence-electron chi connectivity index (χ2n) is 4.31. The normalized spacial score (nSPS) is 15.1. The molecule has 0 radical (unpaired) electrons. The Balaban J connectivity index is 3.04. The summed E-state index contributed by atoms with van der Waals surface area (Å²) in [5.41, 5.74) is 0. The third-order valence-electron chi connectivity index (χ3n) is 3.01. The molecule has 0 saturated heterocycles. The van der Waals surface area contributed by atoms with Crippen molar-refractivity contribution in [2.75, 3.05) is 0 Å². The van der Waals surface area contributed by atoms with Crippen molar-refractivity contribution in [3.8, 4) is 0 Å². The summed E-state index contributed by atoms with van der Waals surface area (Å²) in [4.78, 5) is 11.2. The second kappa shape index (κ2) is 6.16. The molecule has 0 fully saturated rings. The van der Waals surface area contributed by atoms with Crippen LogP contribution in [0.5, 0.6) is 0 Å². The summed E-state index contributed by atoms with van der Waals surface area (Å²) in [6.07, 6.45) is 1.93. The zero-order chi connectivity index (χ0) is 14.6. The number of aromatic nitrogens is 2. The third kappa shape index (κ3) is 3.54. The quantitative estimate of drug-likeness (QED) is 0.768. The van der Waals surface area contributed by atoms with Crippen LogP contribution in [0.2, 0.25) is 0 Å². The average Bonchev–Trinajstić information content (AvgIpc) is 2.83. The summed E-state index contributed by atoms with van der Waals surface area (Å²) in [5, 5.41) is 13.0. The monoisotopic (exact) mass is 289 g/mol. The van der Waals surface area contributed by atoms with Gasteiger partial charge in [0.2, 0.25) is 0 Å². The van der Waals surface area contributed by atoms with Gasteiger partial charge >= 0.3 is 5.97 Å². The van der Waals surface area contributed by atoms with Crippen LogP contribution in [0, 0.1) is 5.92 Å². The van der Waals surface area contributed by atoms with Crippen LogP contribution in [-0.2, 0) is 21.4 Å². The van der Waals surface area contributed by atoms with Gasteiger partial charge in [0.15, 0.2) is 5.03 Å². The minimum atomic E-state index is -3.89. The Labute approximate surface area is 112 Å². The van der Waals surface area contributed by atoms with E-state index in [1.165, 1.54) is 16.9 Å². The second-order valence-corrected chi connectivity index (χ2v) is 5.97. The Morgan fingerprint density at radius 1 is 1.53 bits per heavy atom. The van der Waals surface area contributed by atoms with E-state index in [9.17, 15) is 13.2 Å². The molecule has 0 unspecified atom stereocenters. The van der Waals surface area contributed by atoms with Crippen LogP contribution in [0.3, 0.4) is 0 Å². The van der Waals surface area contributed by atoms with Gasteiger partial charge in [0, 0.05) is 6.54 Å². The molecule has 0 aliphatic rings. The van der Waals surface area contributed by atoms with E-state index in [1.54, 1.807) is 13.8 Å². The highest BCUT2D eigenvalue weighted by molar-refractivity contribution is 7.89. The maximum Gasteiger partial charge on any atom is 0.322 e. The van der Waals surface area contributed by atoms with Crippen molar-refractivity contribution in [3.05, 3.63) is 12.3 Å². The smallest absolute Gasteiger partial charge is 0.322 e. The molecule has 19 heavy (non-hydrogen) atoms. The van der Waals surface area contributed by atoms with Crippen LogP contribution in [0.25, 0.3) is 0 Å². The molecule has 0 aliphatic heterocycles. The minimum Gasteiger partial charge on any atom is -0.480 e. The fraction of sp³-hybridized carbons (Fsp3) is 0.636. The first-order chi connectivity index (χ1) is 8.83. The summed E-state index contributed by atoms with van der Waals surface area (Å²) in [5.74, 6) is -1.48. The van der Waals surface area contributed by atoms with E-state index in [0.717, 1.165) is 0 Å². The number of hydrogen-bond acceptors (Lipinski definition) is 4. The van der Waals surface area contributed by atoms with Gasteiger partial charge in [-0.25, -0.2) is 8.42 Å².